The monoisotopic (exact) mass is 296 g/mol. The van der Waals surface area contributed by atoms with E-state index in [4.69, 9.17) is 17.3 Å². The van der Waals surface area contributed by atoms with Crippen LogP contribution in [-0.2, 0) is 0 Å². The van der Waals surface area contributed by atoms with Gasteiger partial charge in [-0.25, -0.2) is 0 Å². The van der Waals surface area contributed by atoms with E-state index in [0.717, 1.165) is 49.5 Å². The molecule has 4 heteroatoms. The van der Waals surface area contributed by atoms with Gasteiger partial charge >= 0.3 is 0 Å². The van der Waals surface area contributed by atoms with Crippen molar-refractivity contribution in [3.63, 3.8) is 0 Å². The highest BCUT2D eigenvalue weighted by Gasteiger charge is 2.22. The van der Waals surface area contributed by atoms with Crippen molar-refractivity contribution in [3.8, 4) is 0 Å². The standard InChI is InChI=1S/C16H25ClN2O/c1-12(20)13-6-9-19(10-7-13)11-8-16(18)14-2-4-15(17)5-3-14/h2-5,12-13,16,20H,6-11,18H2,1H3. The normalized spacial score (nSPS) is 20.8. The summed E-state index contributed by atoms with van der Waals surface area (Å²) in [6.07, 6.45) is 2.97. The van der Waals surface area contributed by atoms with E-state index >= 15 is 0 Å². The zero-order chi connectivity index (χ0) is 14.5. The third kappa shape index (κ3) is 4.45. The summed E-state index contributed by atoms with van der Waals surface area (Å²) in [5, 5.41) is 10.4. The molecule has 0 aromatic heterocycles. The van der Waals surface area contributed by atoms with E-state index < -0.39 is 0 Å². The average molecular weight is 297 g/mol. The Balaban J connectivity index is 1.74. The topological polar surface area (TPSA) is 49.5 Å². The number of halogens is 1. The molecule has 112 valence electrons. The number of nitrogens with zero attached hydrogens (tertiary/aromatic N) is 1. The average Bonchev–Trinajstić information content (AvgIpc) is 2.46. The first-order chi connectivity index (χ1) is 9.56. The molecule has 2 rings (SSSR count). The second-order valence-corrected chi connectivity index (χ2v) is 6.30. The van der Waals surface area contributed by atoms with E-state index in [2.05, 4.69) is 4.90 Å². The van der Waals surface area contributed by atoms with E-state index in [1.165, 1.54) is 0 Å². The molecule has 0 bridgehead atoms. The summed E-state index contributed by atoms with van der Waals surface area (Å²) in [6.45, 7) is 5.07. The number of aliphatic hydroxyl groups is 1. The molecule has 3 N–H and O–H groups in total. The Hall–Kier alpha value is -0.610. The van der Waals surface area contributed by atoms with E-state index in [0.29, 0.717) is 5.92 Å². The van der Waals surface area contributed by atoms with E-state index in [-0.39, 0.29) is 12.1 Å². The maximum absolute atomic E-state index is 9.60. The van der Waals surface area contributed by atoms with Gasteiger partial charge in [0.25, 0.3) is 0 Å². The van der Waals surface area contributed by atoms with Crippen LogP contribution in [0, 0.1) is 5.92 Å². The number of rotatable bonds is 5. The second-order valence-electron chi connectivity index (χ2n) is 5.87. The van der Waals surface area contributed by atoms with Crippen molar-refractivity contribution >= 4 is 11.6 Å². The number of nitrogens with two attached hydrogens (primary N) is 1. The molecule has 20 heavy (non-hydrogen) atoms. The van der Waals surface area contributed by atoms with Crippen molar-refractivity contribution in [3.05, 3.63) is 34.9 Å². The Morgan fingerprint density at radius 1 is 1.30 bits per heavy atom. The summed E-state index contributed by atoms with van der Waals surface area (Å²) >= 11 is 5.88. The molecule has 1 fully saturated rings. The predicted molar refractivity (Wildman–Crippen MR) is 83.8 cm³/mol. The summed E-state index contributed by atoms with van der Waals surface area (Å²) in [4.78, 5) is 2.45. The summed E-state index contributed by atoms with van der Waals surface area (Å²) in [5.74, 6) is 0.469. The molecule has 0 saturated carbocycles. The van der Waals surface area contributed by atoms with Crippen LogP contribution in [0.5, 0.6) is 0 Å². The van der Waals surface area contributed by atoms with E-state index in [1.54, 1.807) is 0 Å². The lowest BCUT2D eigenvalue weighted by molar-refractivity contribution is 0.0709. The lowest BCUT2D eigenvalue weighted by Gasteiger charge is -2.33. The minimum Gasteiger partial charge on any atom is -0.393 e. The first kappa shape index (κ1) is 15.8. The number of hydrogen-bond acceptors (Lipinski definition) is 3. The molecular weight excluding hydrogens is 272 g/mol. The zero-order valence-electron chi connectivity index (χ0n) is 12.1. The fourth-order valence-corrected chi connectivity index (χ4v) is 2.98. The Bertz CT molecular complexity index is 399. The van der Waals surface area contributed by atoms with Gasteiger partial charge in [0.2, 0.25) is 0 Å². The summed E-state index contributed by atoms with van der Waals surface area (Å²) in [7, 11) is 0. The maximum atomic E-state index is 9.60. The molecule has 0 amide bonds. The molecule has 1 aromatic rings. The quantitative estimate of drug-likeness (QED) is 0.878. The van der Waals surface area contributed by atoms with Crippen LogP contribution in [0.2, 0.25) is 5.02 Å². The summed E-state index contributed by atoms with van der Waals surface area (Å²) < 4.78 is 0. The minimum atomic E-state index is -0.173. The minimum absolute atomic E-state index is 0.0711. The number of benzene rings is 1. The van der Waals surface area contributed by atoms with Gasteiger partial charge < -0.3 is 15.7 Å². The van der Waals surface area contributed by atoms with E-state index in [1.807, 2.05) is 31.2 Å². The first-order valence-electron chi connectivity index (χ1n) is 7.47. The zero-order valence-corrected chi connectivity index (χ0v) is 12.9. The van der Waals surface area contributed by atoms with Crippen LogP contribution >= 0.6 is 11.6 Å². The van der Waals surface area contributed by atoms with Gasteiger partial charge in [0.1, 0.15) is 0 Å². The van der Waals surface area contributed by atoms with Gasteiger partial charge in [-0.3, -0.25) is 0 Å². The van der Waals surface area contributed by atoms with Gasteiger partial charge in [-0.2, -0.15) is 0 Å². The van der Waals surface area contributed by atoms with Crippen LogP contribution in [0.4, 0.5) is 0 Å². The molecule has 0 aliphatic carbocycles. The van der Waals surface area contributed by atoms with E-state index in [9.17, 15) is 5.11 Å². The molecule has 1 heterocycles. The van der Waals surface area contributed by atoms with Gasteiger partial charge in [-0.05, 0) is 69.4 Å². The Labute approximate surface area is 126 Å². The maximum Gasteiger partial charge on any atom is 0.0541 e. The van der Waals surface area contributed by atoms with Crippen LogP contribution in [-0.4, -0.2) is 35.7 Å². The highest BCUT2D eigenvalue weighted by atomic mass is 35.5. The fraction of sp³-hybridized carbons (Fsp3) is 0.625. The molecule has 1 aliphatic heterocycles. The third-order valence-corrected chi connectivity index (χ3v) is 4.62. The van der Waals surface area contributed by atoms with Gasteiger partial charge in [0, 0.05) is 11.1 Å². The third-order valence-electron chi connectivity index (χ3n) is 4.37. The van der Waals surface area contributed by atoms with Crippen molar-refractivity contribution in [2.45, 2.75) is 38.3 Å². The van der Waals surface area contributed by atoms with Crippen LogP contribution in [0.15, 0.2) is 24.3 Å². The van der Waals surface area contributed by atoms with Gasteiger partial charge in [-0.1, -0.05) is 23.7 Å². The molecule has 1 saturated heterocycles. The fourth-order valence-electron chi connectivity index (χ4n) is 2.86. The van der Waals surface area contributed by atoms with Crippen LogP contribution in [0.25, 0.3) is 0 Å². The molecule has 0 radical (unpaired) electrons. The Morgan fingerprint density at radius 2 is 1.90 bits per heavy atom. The molecule has 1 aliphatic rings. The number of aliphatic hydroxyl groups excluding tert-OH is 1. The molecular formula is C16H25ClN2O. The van der Waals surface area contributed by atoms with Crippen LogP contribution in [0.1, 0.15) is 37.8 Å². The Kier molecular flexibility index (Phi) is 5.85. The second kappa shape index (κ2) is 7.41. The lowest BCUT2D eigenvalue weighted by Crippen LogP contribution is -2.38. The van der Waals surface area contributed by atoms with Crippen LogP contribution in [0.3, 0.4) is 0 Å². The van der Waals surface area contributed by atoms with Crippen molar-refractivity contribution < 1.29 is 5.11 Å². The molecule has 0 spiro atoms. The van der Waals surface area contributed by atoms with Crippen molar-refractivity contribution in [1.29, 1.82) is 0 Å². The van der Waals surface area contributed by atoms with Crippen molar-refractivity contribution in [1.82, 2.24) is 4.90 Å². The lowest BCUT2D eigenvalue weighted by atomic mass is 9.92. The molecule has 2 unspecified atom stereocenters. The van der Waals surface area contributed by atoms with Crippen molar-refractivity contribution in [2.75, 3.05) is 19.6 Å². The van der Waals surface area contributed by atoms with Crippen molar-refractivity contribution in [2.24, 2.45) is 11.7 Å². The summed E-state index contributed by atoms with van der Waals surface area (Å²) in [5.41, 5.74) is 7.37. The smallest absolute Gasteiger partial charge is 0.0541 e. The first-order valence-corrected chi connectivity index (χ1v) is 7.85. The summed E-state index contributed by atoms with van der Waals surface area (Å²) in [6, 6.07) is 7.87. The predicted octanol–water partition coefficient (Wildman–Crippen LogP) is 2.82. The highest BCUT2D eigenvalue weighted by molar-refractivity contribution is 6.30. The SMILES string of the molecule is CC(O)C1CCN(CCC(N)c2ccc(Cl)cc2)CC1. The number of likely N-dealkylation sites (tertiary alicyclic amines) is 1. The molecule has 3 nitrogen and oxygen atoms in total. The van der Waals surface area contributed by atoms with Gasteiger partial charge in [0.05, 0.1) is 6.10 Å². The molecule has 1 aromatic carbocycles. The molecule has 2 atom stereocenters. The highest BCUT2D eigenvalue weighted by Crippen LogP contribution is 2.22. The van der Waals surface area contributed by atoms with Gasteiger partial charge in [0.15, 0.2) is 0 Å². The Morgan fingerprint density at radius 3 is 2.45 bits per heavy atom. The van der Waals surface area contributed by atoms with Gasteiger partial charge in [-0.15, -0.1) is 0 Å². The number of hydrogen-bond donors (Lipinski definition) is 2. The van der Waals surface area contributed by atoms with Crippen LogP contribution < -0.4 is 5.73 Å². The number of piperidine rings is 1. The largest absolute Gasteiger partial charge is 0.393 e.